The lowest BCUT2D eigenvalue weighted by Gasteiger charge is -2.05. The fraction of sp³-hybridized carbons (Fsp3) is 0.0714. The Kier molecular flexibility index (Phi) is 2.94. The zero-order valence-corrected chi connectivity index (χ0v) is 10.7. The summed E-state index contributed by atoms with van der Waals surface area (Å²) in [5, 5.41) is 20.7. The monoisotopic (exact) mass is 286 g/mol. The molecule has 0 saturated carbocycles. The number of nitro groups is 1. The topological polar surface area (TPSA) is 98.5 Å². The maximum Gasteiger partial charge on any atom is 0.433 e. The summed E-state index contributed by atoms with van der Waals surface area (Å²) in [6.45, 7) is 0.114. The fourth-order valence-electron chi connectivity index (χ4n) is 2.26. The molecule has 0 radical (unpaired) electrons. The van der Waals surface area contributed by atoms with Gasteiger partial charge in [-0.05, 0) is 18.2 Å². The quantitative estimate of drug-likeness (QED) is 0.587. The van der Waals surface area contributed by atoms with E-state index < -0.39 is 10.9 Å². The van der Waals surface area contributed by atoms with Crippen molar-refractivity contribution in [3.63, 3.8) is 0 Å². The van der Waals surface area contributed by atoms with Gasteiger partial charge in [-0.2, -0.15) is 0 Å². The Balaban J connectivity index is 2.07. The van der Waals surface area contributed by atoms with E-state index in [1.54, 1.807) is 22.8 Å². The number of carbonyl (C=O) groups is 1. The molecule has 0 saturated heterocycles. The highest BCUT2D eigenvalue weighted by atomic mass is 16.6. The van der Waals surface area contributed by atoms with Gasteiger partial charge in [0, 0.05) is 10.9 Å². The van der Waals surface area contributed by atoms with E-state index in [-0.39, 0.29) is 18.1 Å². The molecule has 3 rings (SSSR count). The number of aromatic nitrogens is 1. The van der Waals surface area contributed by atoms with Crippen molar-refractivity contribution in [3.8, 4) is 0 Å². The van der Waals surface area contributed by atoms with Crippen LogP contribution < -0.4 is 0 Å². The van der Waals surface area contributed by atoms with Gasteiger partial charge in [0.15, 0.2) is 0 Å². The van der Waals surface area contributed by atoms with E-state index in [2.05, 4.69) is 0 Å². The Morgan fingerprint density at radius 2 is 2.05 bits per heavy atom. The molecule has 3 aromatic rings. The summed E-state index contributed by atoms with van der Waals surface area (Å²) >= 11 is 0. The normalized spacial score (nSPS) is 10.9. The highest BCUT2D eigenvalue weighted by molar-refractivity contribution is 5.94. The second kappa shape index (κ2) is 4.78. The highest BCUT2D eigenvalue weighted by Gasteiger charge is 2.17. The third-order valence-electron chi connectivity index (χ3n) is 3.17. The van der Waals surface area contributed by atoms with Crippen LogP contribution in [-0.2, 0) is 6.54 Å². The van der Waals surface area contributed by atoms with Crippen LogP contribution in [0, 0.1) is 10.1 Å². The van der Waals surface area contributed by atoms with Gasteiger partial charge in [-0.3, -0.25) is 10.1 Å². The van der Waals surface area contributed by atoms with Crippen molar-refractivity contribution in [3.05, 3.63) is 64.0 Å². The molecule has 21 heavy (non-hydrogen) atoms. The van der Waals surface area contributed by atoms with Crippen LogP contribution in [-0.4, -0.2) is 20.6 Å². The summed E-state index contributed by atoms with van der Waals surface area (Å²) in [5.74, 6) is -1.10. The Hall–Kier alpha value is -3.09. The number of para-hydroxylation sites is 1. The molecule has 2 aromatic heterocycles. The van der Waals surface area contributed by atoms with Crippen LogP contribution in [0.4, 0.5) is 5.88 Å². The predicted molar refractivity (Wildman–Crippen MR) is 73.4 cm³/mol. The lowest BCUT2D eigenvalue weighted by molar-refractivity contribution is -0.402. The molecule has 0 atom stereocenters. The number of fused-ring (bicyclic) bond motifs is 1. The van der Waals surface area contributed by atoms with Gasteiger partial charge in [0.1, 0.15) is 16.4 Å². The molecule has 0 amide bonds. The molecule has 2 heterocycles. The minimum atomic E-state index is -1.06. The average molecular weight is 286 g/mol. The van der Waals surface area contributed by atoms with Crippen LogP contribution in [0.15, 0.2) is 46.9 Å². The lowest BCUT2D eigenvalue weighted by Crippen LogP contribution is -2.08. The van der Waals surface area contributed by atoms with Crippen LogP contribution in [0.25, 0.3) is 10.9 Å². The minimum absolute atomic E-state index is 0.107. The van der Waals surface area contributed by atoms with Crippen LogP contribution in [0.3, 0.4) is 0 Å². The minimum Gasteiger partial charge on any atom is -0.477 e. The van der Waals surface area contributed by atoms with E-state index in [1.165, 1.54) is 12.1 Å². The zero-order valence-electron chi connectivity index (χ0n) is 10.7. The summed E-state index contributed by atoms with van der Waals surface area (Å²) in [6, 6.07) is 11.5. The van der Waals surface area contributed by atoms with E-state index in [9.17, 15) is 20.0 Å². The van der Waals surface area contributed by atoms with Crippen LogP contribution in [0.1, 0.15) is 16.2 Å². The van der Waals surface area contributed by atoms with Crippen molar-refractivity contribution in [2.45, 2.75) is 6.54 Å². The Labute approximate surface area is 118 Å². The average Bonchev–Trinajstić information content (AvgIpc) is 3.05. The molecule has 1 N–H and O–H groups in total. The third kappa shape index (κ3) is 2.25. The number of carboxylic acids is 1. The molecule has 7 nitrogen and oxygen atoms in total. The van der Waals surface area contributed by atoms with Crippen molar-refractivity contribution < 1.29 is 19.2 Å². The first-order valence-corrected chi connectivity index (χ1v) is 6.11. The van der Waals surface area contributed by atoms with Gasteiger partial charge in [-0.25, -0.2) is 4.79 Å². The van der Waals surface area contributed by atoms with E-state index in [1.807, 2.05) is 12.1 Å². The number of carboxylic acid groups (broad SMARTS) is 1. The van der Waals surface area contributed by atoms with Gasteiger partial charge in [0.25, 0.3) is 0 Å². The van der Waals surface area contributed by atoms with Crippen molar-refractivity contribution in [1.82, 2.24) is 4.57 Å². The van der Waals surface area contributed by atoms with Gasteiger partial charge in [-0.15, -0.1) is 0 Å². The Morgan fingerprint density at radius 3 is 2.71 bits per heavy atom. The van der Waals surface area contributed by atoms with E-state index in [0.717, 1.165) is 10.9 Å². The SMILES string of the molecule is O=C(O)c1cc2ccccc2n1Cc1ccc([N+](=O)[O-])o1. The number of nitrogens with zero attached hydrogens (tertiary/aromatic N) is 2. The van der Waals surface area contributed by atoms with Crippen molar-refractivity contribution in [2.75, 3.05) is 0 Å². The maximum atomic E-state index is 11.3. The van der Waals surface area contributed by atoms with Crippen LogP contribution in [0.5, 0.6) is 0 Å². The number of rotatable bonds is 4. The van der Waals surface area contributed by atoms with Crippen LogP contribution in [0.2, 0.25) is 0 Å². The number of benzene rings is 1. The van der Waals surface area contributed by atoms with E-state index >= 15 is 0 Å². The zero-order chi connectivity index (χ0) is 15.0. The van der Waals surface area contributed by atoms with Gasteiger partial charge in [0.05, 0.1) is 12.6 Å². The second-order valence-electron chi connectivity index (χ2n) is 4.48. The molecular formula is C14H10N2O5. The summed E-state index contributed by atoms with van der Waals surface area (Å²) in [6.07, 6.45) is 0. The lowest BCUT2D eigenvalue weighted by atomic mass is 10.2. The van der Waals surface area contributed by atoms with Crippen LogP contribution >= 0.6 is 0 Å². The van der Waals surface area contributed by atoms with Crippen molar-refractivity contribution in [2.24, 2.45) is 0 Å². The molecule has 0 spiro atoms. The van der Waals surface area contributed by atoms with Crippen molar-refractivity contribution in [1.29, 1.82) is 0 Å². The van der Waals surface area contributed by atoms with Gasteiger partial charge < -0.3 is 14.1 Å². The highest BCUT2D eigenvalue weighted by Crippen LogP contribution is 2.23. The number of aromatic carboxylic acids is 1. The predicted octanol–water partition coefficient (Wildman–Crippen LogP) is 2.89. The van der Waals surface area contributed by atoms with E-state index in [4.69, 9.17) is 4.42 Å². The molecule has 0 aliphatic carbocycles. The summed E-state index contributed by atoms with van der Waals surface area (Å²) < 4.78 is 6.64. The second-order valence-corrected chi connectivity index (χ2v) is 4.48. The molecular weight excluding hydrogens is 276 g/mol. The number of furan rings is 1. The van der Waals surface area contributed by atoms with E-state index in [0.29, 0.717) is 5.76 Å². The maximum absolute atomic E-state index is 11.3. The molecule has 0 fully saturated rings. The summed E-state index contributed by atoms with van der Waals surface area (Å²) in [4.78, 5) is 21.3. The number of hydrogen-bond donors (Lipinski definition) is 1. The molecule has 106 valence electrons. The van der Waals surface area contributed by atoms with Gasteiger partial charge in [-0.1, -0.05) is 18.2 Å². The molecule has 7 heteroatoms. The molecule has 0 unspecified atom stereocenters. The molecule has 0 bridgehead atoms. The standard InChI is InChI=1S/C14H10N2O5/c17-14(18)12-7-9-3-1-2-4-11(9)15(12)8-10-5-6-13(21-10)16(19)20/h1-7H,8H2,(H,17,18). The van der Waals surface area contributed by atoms with Gasteiger partial charge in [0.2, 0.25) is 0 Å². The molecule has 1 aromatic carbocycles. The molecule has 0 aliphatic rings. The van der Waals surface area contributed by atoms with Gasteiger partial charge >= 0.3 is 11.9 Å². The molecule has 0 aliphatic heterocycles. The summed E-state index contributed by atoms with van der Waals surface area (Å²) in [7, 11) is 0. The summed E-state index contributed by atoms with van der Waals surface area (Å²) in [5.41, 5.74) is 0.837. The van der Waals surface area contributed by atoms with Crippen molar-refractivity contribution >= 4 is 22.8 Å². The first kappa shape index (κ1) is 12.9. The number of hydrogen-bond acceptors (Lipinski definition) is 4. The Bertz CT molecular complexity index is 846. The smallest absolute Gasteiger partial charge is 0.433 e. The Morgan fingerprint density at radius 1 is 1.29 bits per heavy atom. The fourth-order valence-corrected chi connectivity index (χ4v) is 2.26. The third-order valence-corrected chi connectivity index (χ3v) is 3.17. The largest absolute Gasteiger partial charge is 0.477 e. The first-order chi connectivity index (χ1) is 10.1. The first-order valence-electron chi connectivity index (χ1n) is 6.11.